The molecular formula is C21H18F3N3O2. The number of pyridine rings is 1. The van der Waals surface area contributed by atoms with Crippen molar-refractivity contribution in [3.05, 3.63) is 47.9 Å². The average Bonchev–Trinajstić information content (AvgIpc) is 2.69. The Hall–Kier alpha value is -3.00. The molecule has 2 aliphatic heterocycles. The minimum Gasteiger partial charge on any atom is -0.507 e. The number of nitrogens with one attached hydrogen (secondary N) is 1. The second kappa shape index (κ2) is 6.52. The van der Waals surface area contributed by atoms with E-state index in [1.165, 1.54) is 18.3 Å². The van der Waals surface area contributed by atoms with Crippen molar-refractivity contribution in [2.45, 2.75) is 19.0 Å². The molecule has 29 heavy (non-hydrogen) atoms. The first-order valence-corrected chi connectivity index (χ1v) is 9.37. The fraction of sp³-hybridized carbons (Fsp3) is 0.286. The lowest BCUT2D eigenvalue weighted by molar-refractivity contribution is 0.236. The number of nitrogens with zero attached hydrogens (tertiary/aromatic N) is 2. The molecule has 0 bridgehead atoms. The maximum absolute atomic E-state index is 15.4. The van der Waals surface area contributed by atoms with E-state index in [1.54, 1.807) is 0 Å². The summed E-state index contributed by atoms with van der Waals surface area (Å²) in [6, 6.07) is 4.86. The van der Waals surface area contributed by atoms with E-state index < -0.39 is 34.3 Å². The minimum atomic E-state index is -1.02. The summed E-state index contributed by atoms with van der Waals surface area (Å²) in [5.41, 5.74) is -0.670. The highest BCUT2D eigenvalue weighted by Gasteiger charge is 2.35. The second-order valence-electron chi connectivity index (χ2n) is 7.48. The van der Waals surface area contributed by atoms with Crippen molar-refractivity contribution < 1.29 is 23.0 Å². The SMILES string of the molecule is C[C@@H]1CN2c3c(cnc4c(F)c(-c5c(O)cccc5F)c(F)cc34)OC[C@H]2CN1. The molecule has 0 unspecified atom stereocenters. The average molecular weight is 401 g/mol. The Morgan fingerprint density at radius 3 is 2.83 bits per heavy atom. The Labute approximate surface area is 164 Å². The molecule has 1 aromatic heterocycles. The van der Waals surface area contributed by atoms with Gasteiger partial charge >= 0.3 is 0 Å². The van der Waals surface area contributed by atoms with Crippen LogP contribution in [-0.2, 0) is 0 Å². The summed E-state index contributed by atoms with van der Waals surface area (Å²) in [4.78, 5) is 6.21. The molecule has 2 N–H and O–H groups in total. The van der Waals surface area contributed by atoms with Crippen LogP contribution in [0.1, 0.15) is 6.92 Å². The van der Waals surface area contributed by atoms with Gasteiger partial charge in [-0.1, -0.05) is 6.07 Å². The maximum Gasteiger partial charge on any atom is 0.161 e. The number of phenols is 1. The van der Waals surface area contributed by atoms with Gasteiger partial charge in [-0.25, -0.2) is 18.2 Å². The number of halogens is 3. The normalized spacial score (nSPS) is 20.9. The molecule has 0 amide bonds. The summed E-state index contributed by atoms with van der Waals surface area (Å²) in [5.74, 6) is -2.99. The first-order valence-electron chi connectivity index (χ1n) is 9.37. The number of anilines is 1. The van der Waals surface area contributed by atoms with Crippen LogP contribution >= 0.6 is 0 Å². The van der Waals surface area contributed by atoms with Crippen molar-refractivity contribution in [1.82, 2.24) is 10.3 Å². The first kappa shape index (κ1) is 18.1. The van der Waals surface area contributed by atoms with Gasteiger partial charge in [-0.15, -0.1) is 0 Å². The zero-order valence-electron chi connectivity index (χ0n) is 15.5. The molecule has 3 aromatic rings. The Morgan fingerprint density at radius 1 is 1.21 bits per heavy atom. The molecule has 1 saturated heterocycles. The third-order valence-corrected chi connectivity index (χ3v) is 5.57. The minimum absolute atomic E-state index is 0.0331. The Morgan fingerprint density at radius 2 is 2.03 bits per heavy atom. The molecule has 5 rings (SSSR count). The van der Waals surface area contributed by atoms with Crippen LogP contribution in [0.4, 0.5) is 18.9 Å². The zero-order valence-corrected chi connectivity index (χ0v) is 15.5. The van der Waals surface area contributed by atoms with Crippen molar-refractivity contribution in [3.8, 4) is 22.6 Å². The number of rotatable bonds is 1. The van der Waals surface area contributed by atoms with Crippen molar-refractivity contribution in [1.29, 1.82) is 0 Å². The molecule has 0 radical (unpaired) electrons. The van der Waals surface area contributed by atoms with Crippen LogP contribution in [0, 0.1) is 17.5 Å². The quantitative estimate of drug-likeness (QED) is 0.653. The lowest BCUT2D eigenvalue weighted by atomic mass is 9.98. The van der Waals surface area contributed by atoms with Crippen LogP contribution in [0.2, 0.25) is 0 Å². The molecule has 0 spiro atoms. The van der Waals surface area contributed by atoms with Gasteiger partial charge in [-0.05, 0) is 25.1 Å². The van der Waals surface area contributed by atoms with Crippen molar-refractivity contribution in [2.24, 2.45) is 0 Å². The van der Waals surface area contributed by atoms with E-state index in [1.807, 2.05) is 6.92 Å². The van der Waals surface area contributed by atoms with Gasteiger partial charge in [-0.2, -0.15) is 0 Å². The highest BCUT2D eigenvalue weighted by molar-refractivity contribution is 5.98. The van der Waals surface area contributed by atoms with E-state index >= 15 is 8.78 Å². The maximum atomic E-state index is 15.4. The lowest BCUT2D eigenvalue weighted by Crippen LogP contribution is -2.59. The molecule has 1 fully saturated rings. The summed E-state index contributed by atoms with van der Waals surface area (Å²) in [5, 5.41) is 13.6. The number of phenolic OH excluding ortho intramolecular Hbond substituents is 1. The number of hydrogen-bond acceptors (Lipinski definition) is 5. The molecule has 150 valence electrons. The number of aromatic nitrogens is 1. The first-order chi connectivity index (χ1) is 14.0. The van der Waals surface area contributed by atoms with E-state index in [2.05, 4.69) is 15.2 Å². The van der Waals surface area contributed by atoms with E-state index in [0.29, 0.717) is 31.1 Å². The summed E-state index contributed by atoms with van der Waals surface area (Å²) in [6.07, 6.45) is 1.41. The molecule has 8 heteroatoms. The van der Waals surface area contributed by atoms with Gasteiger partial charge in [0.1, 0.15) is 29.5 Å². The van der Waals surface area contributed by atoms with Gasteiger partial charge in [0.15, 0.2) is 11.6 Å². The van der Waals surface area contributed by atoms with Gasteiger partial charge in [0.05, 0.1) is 29.1 Å². The summed E-state index contributed by atoms with van der Waals surface area (Å²) < 4.78 is 50.5. The number of ether oxygens (including phenoxy) is 1. The van der Waals surface area contributed by atoms with Gasteiger partial charge in [0.25, 0.3) is 0 Å². The van der Waals surface area contributed by atoms with E-state index in [-0.39, 0.29) is 23.0 Å². The van der Waals surface area contributed by atoms with Crippen molar-refractivity contribution in [3.63, 3.8) is 0 Å². The zero-order chi connectivity index (χ0) is 20.3. The van der Waals surface area contributed by atoms with Gasteiger partial charge in [-0.3, -0.25) is 0 Å². The smallest absolute Gasteiger partial charge is 0.161 e. The number of hydrogen-bond donors (Lipinski definition) is 2. The summed E-state index contributed by atoms with van der Waals surface area (Å²) >= 11 is 0. The molecule has 3 heterocycles. The monoisotopic (exact) mass is 401 g/mol. The van der Waals surface area contributed by atoms with Gasteiger partial charge in [0.2, 0.25) is 0 Å². The number of benzene rings is 2. The standard InChI is InChI=1S/C21H18F3N3O2/c1-10-8-27-11(6-25-10)9-29-16-7-26-20-12(21(16)27)5-14(23)18(19(20)24)17-13(22)3-2-4-15(17)28/h2-5,7,10-11,25,28H,6,8-9H2,1H3/t10-,11-/m1/s1. The van der Waals surface area contributed by atoms with E-state index in [0.717, 1.165) is 12.1 Å². The second-order valence-corrected chi connectivity index (χ2v) is 7.48. The lowest BCUT2D eigenvalue weighted by Gasteiger charge is -2.44. The third-order valence-electron chi connectivity index (χ3n) is 5.57. The van der Waals surface area contributed by atoms with Crippen LogP contribution in [0.15, 0.2) is 30.5 Å². The van der Waals surface area contributed by atoms with Crippen LogP contribution in [0.5, 0.6) is 11.5 Å². The Bertz CT molecular complexity index is 1120. The fourth-order valence-electron chi connectivity index (χ4n) is 4.19. The molecular weight excluding hydrogens is 383 g/mol. The van der Waals surface area contributed by atoms with E-state index in [9.17, 15) is 9.50 Å². The van der Waals surface area contributed by atoms with Crippen molar-refractivity contribution in [2.75, 3.05) is 24.6 Å². The summed E-state index contributed by atoms with van der Waals surface area (Å²) in [6.45, 7) is 3.83. The Kier molecular flexibility index (Phi) is 4.06. The van der Waals surface area contributed by atoms with Crippen LogP contribution < -0.4 is 15.0 Å². The predicted octanol–water partition coefficient (Wildman–Crippen LogP) is 3.58. The third kappa shape index (κ3) is 2.70. The number of fused-ring (bicyclic) bond motifs is 5. The predicted molar refractivity (Wildman–Crippen MR) is 103 cm³/mol. The highest BCUT2D eigenvalue weighted by Crippen LogP contribution is 2.44. The highest BCUT2D eigenvalue weighted by atomic mass is 19.1. The number of aromatic hydroxyl groups is 1. The topological polar surface area (TPSA) is 57.6 Å². The van der Waals surface area contributed by atoms with E-state index in [4.69, 9.17) is 4.74 Å². The van der Waals surface area contributed by atoms with Gasteiger partial charge in [0, 0.05) is 24.5 Å². The van der Waals surface area contributed by atoms with Crippen molar-refractivity contribution >= 4 is 16.6 Å². The largest absolute Gasteiger partial charge is 0.507 e. The molecule has 0 saturated carbocycles. The molecule has 2 atom stereocenters. The van der Waals surface area contributed by atoms with Crippen LogP contribution in [0.3, 0.4) is 0 Å². The molecule has 5 nitrogen and oxygen atoms in total. The molecule has 0 aliphatic carbocycles. The van der Waals surface area contributed by atoms with Crippen LogP contribution in [0.25, 0.3) is 22.0 Å². The number of piperazine rings is 1. The molecule has 2 aliphatic rings. The van der Waals surface area contributed by atoms with Gasteiger partial charge < -0.3 is 20.1 Å². The molecule has 2 aromatic carbocycles. The fourth-order valence-corrected chi connectivity index (χ4v) is 4.19. The van der Waals surface area contributed by atoms with Crippen LogP contribution in [-0.4, -0.2) is 41.9 Å². The summed E-state index contributed by atoms with van der Waals surface area (Å²) in [7, 11) is 0. The Balaban J connectivity index is 1.77.